The minimum absolute atomic E-state index is 0.307. The van der Waals surface area contributed by atoms with Crippen molar-refractivity contribution in [3.8, 4) is 0 Å². The summed E-state index contributed by atoms with van der Waals surface area (Å²) in [4.78, 5) is 11.5. The lowest BCUT2D eigenvalue weighted by molar-refractivity contribution is -0.287. The molecular formula is C11H20O7. The van der Waals surface area contributed by atoms with Crippen LogP contribution in [0.4, 0.5) is 0 Å². The second-order valence-electron chi connectivity index (χ2n) is 5.39. The van der Waals surface area contributed by atoms with Crippen LogP contribution in [0.5, 0.6) is 0 Å². The Bertz CT molecular complexity index is 298. The molecule has 1 aliphatic rings. The molecule has 0 aromatic rings. The molecular weight excluding hydrogens is 244 g/mol. The summed E-state index contributed by atoms with van der Waals surface area (Å²) >= 11 is 0. The number of ether oxygens (including phenoxy) is 2. The van der Waals surface area contributed by atoms with Crippen LogP contribution in [-0.4, -0.2) is 63.7 Å². The first-order valence-electron chi connectivity index (χ1n) is 5.69. The fraction of sp³-hybridized carbons (Fsp3) is 0.909. The smallest absolute Gasteiger partial charge is 0.311 e. The van der Waals surface area contributed by atoms with Crippen molar-refractivity contribution in [2.24, 2.45) is 5.41 Å². The summed E-state index contributed by atoms with van der Waals surface area (Å²) in [6, 6.07) is 0. The molecule has 18 heavy (non-hydrogen) atoms. The Kier molecular flexibility index (Phi) is 4.68. The van der Waals surface area contributed by atoms with E-state index in [9.17, 15) is 25.2 Å². The summed E-state index contributed by atoms with van der Waals surface area (Å²) in [5, 5.41) is 37.6. The Morgan fingerprint density at radius 3 is 2.17 bits per heavy atom. The van der Waals surface area contributed by atoms with Gasteiger partial charge in [-0.2, -0.15) is 0 Å². The summed E-state index contributed by atoms with van der Waals surface area (Å²) in [6.45, 7) is 4.70. The fourth-order valence-corrected chi connectivity index (χ4v) is 1.44. The first-order chi connectivity index (χ1) is 8.14. The van der Waals surface area contributed by atoms with E-state index in [-0.39, 0.29) is 6.61 Å². The van der Waals surface area contributed by atoms with Gasteiger partial charge >= 0.3 is 5.97 Å². The molecule has 1 heterocycles. The van der Waals surface area contributed by atoms with Crippen molar-refractivity contribution in [2.75, 3.05) is 6.61 Å². The zero-order chi connectivity index (χ0) is 14.1. The van der Waals surface area contributed by atoms with E-state index in [1.54, 1.807) is 20.8 Å². The molecule has 106 valence electrons. The van der Waals surface area contributed by atoms with Gasteiger partial charge in [0.05, 0.1) is 5.41 Å². The lowest BCUT2D eigenvalue weighted by atomic mass is 9.97. The zero-order valence-corrected chi connectivity index (χ0v) is 10.6. The van der Waals surface area contributed by atoms with Crippen LogP contribution in [-0.2, 0) is 14.3 Å². The highest BCUT2D eigenvalue weighted by Crippen LogP contribution is 2.21. The van der Waals surface area contributed by atoms with Gasteiger partial charge in [0.15, 0.2) is 6.29 Å². The molecule has 0 radical (unpaired) electrons. The monoisotopic (exact) mass is 264 g/mol. The van der Waals surface area contributed by atoms with Crippen molar-refractivity contribution in [1.29, 1.82) is 0 Å². The Hall–Kier alpha value is -0.730. The average Bonchev–Trinajstić information content (AvgIpc) is 2.27. The minimum Gasteiger partial charge on any atom is -0.462 e. The number of esters is 1. The third-order valence-electron chi connectivity index (χ3n) is 2.68. The molecule has 0 aliphatic carbocycles. The summed E-state index contributed by atoms with van der Waals surface area (Å²) in [6.07, 6.45) is -7.27. The minimum atomic E-state index is -1.62. The molecule has 4 N–H and O–H groups in total. The van der Waals surface area contributed by atoms with Crippen LogP contribution >= 0.6 is 0 Å². The lowest BCUT2D eigenvalue weighted by Gasteiger charge is -2.38. The number of aliphatic hydroxyl groups is 4. The fourth-order valence-electron chi connectivity index (χ4n) is 1.44. The number of rotatable bonds is 2. The second-order valence-corrected chi connectivity index (χ2v) is 5.39. The first-order valence-corrected chi connectivity index (χ1v) is 5.69. The van der Waals surface area contributed by atoms with Gasteiger partial charge in [-0.25, -0.2) is 0 Å². The normalized spacial score (nSPS) is 37.4. The van der Waals surface area contributed by atoms with Crippen LogP contribution in [0.1, 0.15) is 20.8 Å². The van der Waals surface area contributed by atoms with E-state index in [2.05, 4.69) is 0 Å². The van der Waals surface area contributed by atoms with Gasteiger partial charge in [-0.3, -0.25) is 4.79 Å². The van der Waals surface area contributed by atoms with Gasteiger partial charge < -0.3 is 29.9 Å². The Morgan fingerprint density at radius 2 is 1.67 bits per heavy atom. The van der Waals surface area contributed by atoms with E-state index in [4.69, 9.17) is 9.47 Å². The maximum atomic E-state index is 11.5. The molecule has 0 aromatic carbocycles. The quantitative estimate of drug-likeness (QED) is 0.443. The second kappa shape index (κ2) is 5.50. The summed E-state index contributed by atoms with van der Waals surface area (Å²) in [5.74, 6) is -0.492. The van der Waals surface area contributed by atoms with Gasteiger partial charge in [-0.1, -0.05) is 0 Å². The summed E-state index contributed by atoms with van der Waals surface area (Å²) in [5.41, 5.74) is -0.698. The number of aliphatic hydroxyl groups excluding tert-OH is 4. The highest BCUT2D eigenvalue weighted by atomic mass is 16.6. The molecule has 7 heteroatoms. The molecule has 5 atom stereocenters. The van der Waals surface area contributed by atoms with E-state index in [1.807, 2.05) is 0 Å². The van der Waals surface area contributed by atoms with Crippen LogP contribution in [0.2, 0.25) is 0 Å². The van der Waals surface area contributed by atoms with Crippen molar-refractivity contribution in [1.82, 2.24) is 0 Å². The van der Waals surface area contributed by atoms with E-state index >= 15 is 0 Å². The van der Waals surface area contributed by atoms with Gasteiger partial charge in [0, 0.05) is 0 Å². The third kappa shape index (κ3) is 3.39. The van der Waals surface area contributed by atoms with Gasteiger partial charge in [-0.15, -0.1) is 0 Å². The first kappa shape index (κ1) is 15.3. The molecule has 0 saturated carbocycles. The molecule has 1 saturated heterocycles. The molecule has 1 fully saturated rings. The van der Waals surface area contributed by atoms with Gasteiger partial charge in [-0.05, 0) is 20.8 Å². The molecule has 0 bridgehead atoms. The van der Waals surface area contributed by atoms with E-state index < -0.39 is 42.1 Å². The average molecular weight is 264 g/mol. The summed E-state index contributed by atoms with van der Waals surface area (Å²) in [7, 11) is 0. The predicted octanol–water partition coefficient (Wildman–Crippen LogP) is -1.62. The maximum Gasteiger partial charge on any atom is 0.311 e. The number of carbonyl (C=O) groups excluding carboxylic acids is 1. The molecule has 7 nitrogen and oxygen atoms in total. The van der Waals surface area contributed by atoms with Gasteiger partial charge in [0.1, 0.15) is 31.0 Å². The van der Waals surface area contributed by atoms with Crippen molar-refractivity contribution >= 4 is 5.97 Å². The number of hydrogen-bond donors (Lipinski definition) is 4. The standard InChI is InChI=1S/C11H20O7/c1-11(2,3)10(16)17-4-5-6(12)7(13)8(14)9(15)18-5/h5-9,12-15H,4H2,1-3H3/t5-,6-,7+,8-,9?/m1/s1. The molecule has 0 amide bonds. The number of hydrogen-bond acceptors (Lipinski definition) is 7. The molecule has 1 unspecified atom stereocenters. The SMILES string of the molecule is CC(C)(C)C(=O)OC[C@H]1OC(O)[C@H](O)[C@@H](O)[C@@H]1O. The van der Waals surface area contributed by atoms with E-state index in [1.165, 1.54) is 0 Å². The molecule has 0 spiro atoms. The summed E-state index contributed by atoms with van der Waals surface area (Å²) < 4.78 is 9.78. The van der Waals surface area contributed by atoms with E-state index in [0.29, 0.717) is 0 Å². The van der Waals surface area contributed by atoms with Crippen LogP contribution in [0.3, 0.4) is 0 Å². The van der Waals surface area contributed by atoms with Crippen molar-refractivity contribution in [2.45, 2.75) is 51.5 Å². The lowest BCUT2D eigenvalue weighted by Crippen LogP contribution is -2.58. The van der Waals surface area contributed by atoms with Crippen molar-refractivity contribution in [3.63, 3.8) is 0 Å². The molecule has 1 rings (SSSR count). The topological polar surface area (TPSA) is 116 Å². The van der Waals surface area contributed by atoms with Crippen molar-refractivity contribution < 1.29 is 34.7 Å². The van der Waals surface area contributed by atoms with Crippen molar-refractivity contribution in [3.05, 3.63) is 0 Å². The van der Waals surface area contributed by atoms with Gasteiger partial charge in [0.2, 0.25) is 0 Å². The maximum absolute atomic E-state index is 11.5. The zero-order valence-electron chi connectivity index (χ0n) is 10.6. The number of carbonyl (C=O) groups is 1. The van der Waals surface area contributed by atoms with Crippen LogP contribution in [0, 0.1) is 5.41 Å². The highest BCUT2D eigenvalue weighted by Gasteiger charge is 2.43. The van der Waals surface area contributed by atoms with Crippen LogP contribution < -0.4 is 0 Å². The van der Waals surface area contributed by atoms with Crippen LogP contribution in [0.15, 0.2) is 0 Å². The predicted molar refractivity (Wildman–Crippen MR) is 59.3 cm³/mol. The largest absolute Gasteiger partial charge is 0.462 e. The van der Waals surface area contributed by atoms with Gasteiger partial charge in [0.25, 0.3) is 0 Å². The Morgan fingerprint density at radius 1 is 1.11 bits per heavy atom. The third-order valence-corrected chi connectivity index (χ3v) is 2.68. The van der Waals surface area contributed by atoms with E-state index in [0.717, 1.165) is 0 Å². The van der Waals surface area contributed by atoms with Crippen LogP contribution in [0.25, 0.3) is 0 Å². The molecule has 0 aromatic heterocycles. The Balaban J connectivity index is 2.55. The Labute approximate surface area is 105 Å². The highest BCUT2D eigenvalue weighted by molar-refractivity contribution is 5.75. The molecule has 1 aliphatic heterocycles.